The minimum absolute atomic E-state index is 0.881. The average molecular weight is 483 g/mol. The van der Waals surface area contributed by atoms with E-state index in [-0.39, 0.29) is 0 Å². The number of aryl methyl sites for hydroxylation is 1. The molecule has 178 valence electrons. The fourth-order valence-corrected chi connectivity index (χ4v) is 6.00. The van der Waals surface area contributed by atoms with E-state index in [1.165, 1.54) is 60.1 Å². The molecular formula is C38H26. The Morgan fingerprint density at radius 3 is 1.71 bits per heavy atom. The Kier molecular flexibility index (Phi) is 5.42. The van der Waals surface area contributed by atoms with Gasteiger partial charge in [0.05, 0.1) is 0 Å². The van der Waals surface area contributed by atoms with E-state index < -0.39 is 0 Å². The maximum Gasteiger partial charge on any atom is 0.0406 e. The molecule has 0 amide bonds. The second-order valence-electron chi connectivity index (χ2n) is 9.89. The van der Waals surface area contributed by atoms with Gasteiger partial charge < -0.3 is 0 Å². The fraction of sp³-hybridized carbons (Fsp3) is 0.0526. The molecule has 0 saturated carbocycles. The molecule has 1 aliphatic carbocycles. The summed E-state index contributed by atoms with van der Waals surface area (Å²) in [6.07, 6.45) is 9.65. The topological polar surface area (TPSA) is 0 Å². The van der Waals surface area contributed by atoms with Gasteiger partial charge in [0.15, 0.2) is 0 Å². The summed E-state index contributed by atoms with van der Waals surface area (Å²) >= 11 is 0. The monoisotopic (exact) mass is 482 g/mol. The summed E-state index contributed by atoms with van der Waals surface area (Å²) in [6.45, 7) is 2.23. The van der Waals surface area contributed by atoms with Crippen LogP contribution in [0.4, 0.5) is 0 Å². The third-order valence-corrected chi connectivity index (χ3v) is 7.77. The Balaban J connectivity index is 1.57. The zero-order chi connectivity index (χ0) is 25.5. The molecule has 0 atom stereocenters. The first-order valence-electron chi connectivity index (χ1n) is 13.2. The van der Waals surface area contributed by atoms with Gasteiger partial charge in [0.25, 0.3) is 0 Å². The number of fused-ring (bicyclic) bond motifs is 4. The van der Waals surface area contributed by atoms with Crippen LogP contribution in [0.5, 0.6) is 0 Å². The fourth-order valence-electron chi connectivity index (χ4n) is 6.00. The second kappa shape index (κ2) is 9.22. The summed E-state index contributed by atoms with van der Waals surface area (Å²) < 4.78 is 0. The van der Waals surface area contributed by atoms with Crippen LogP contribution in [0.25, 0.3) is 49.5 Å². The van der Waals surface area contributed by atoms with Gasteiger partial charge in [-0.1, -0.05) is 139 Å². The molecule has 0 unspecified atom stereocenters. The van der Waals surface area contributed by atoms with E-state index in [9.17, 15) is 0 Å². The SMILES string of the molecule is Cc1c2c(c(C#Cc3c4ccccc4c(-c4ccccc4)c4ccccc34)c3ccccc13)CC=CC=C2. The van der Waals surface area contributed by atoms with E-state index in [2.05, 4.69) is 146 Å². The summed E-state index contributed by atoms with van der Waals surface area (Å²) in [5, 5.41) is 7.37. The van der Waals surface area contributed by atoms with Gasteiger partial charge in [0, 0.05) is 11.1 Å². The molecule has 0 radical (unpaired) electrons. The van der Waals surface area contributed by atoms with Gasteiger partial charge in [-0.05, 0) is 73.5 Å². The molecule has 0 heteroatoms. The molecule has 0 nitrogen and oxygen atoms in total. The van der Waals surface area contributed by atoms with E-state index >= 15 is 0 Å². The lowest BCUT2D eigenvalue weighted by molar-refractivity contribution is 1.24. The second-order valence-corrected chi connectivity index (χ2v) is 9.89. The Hall–Kier alpha value is -4.86. The number of allylic oxidation sites excluding steroid dienone is 3. The van der Waals surface area contributed by atoms with Crippen molar-refractivity contribution in [3.63, 3.8) is 0 Å². The highest BCUT2D eigenvalue weighted by Crippen LogP contribution is 2.39. The van der Waals surface area contributed by atoms with Crippen LogP contribution in [0, 0.1) is 18.8 Å². The lowest BCUT2D eigenvalue weighted by Crippen LogP contribution is -1.98. The van der Waals surface area contributed by atoms with Crippen molar-refractivity contribution in [2.24, 2.45) is 0 Å². The van der Waals surface area contributed by atoms with Crippen LogP contribution < -0.4 is 0 Å². The van der Waals surface area contributed by atoms with Crippen LogP contribution >= 0.6 is 0 Å². The van der Waals surface area contributed by atoms with Gasteiger partial charge in [0.1, 0.15) is 0 Å². The van der Waals surface area contributed by atoms with Crippen LogP contribution in [-0.4, -0.2) is 0 Å². The standard InChI is InChI=1S/C38H26/c1-26-28-16-6-3-7-18-30(28)34(31-19-9-8-17-29(26)31)24-25-35-32-20-10-12-22-36(32)38(27-14-4-2-5-15-27)37-23-13-11-21-33(35)37/h2-17,19-23H,18H2,1H3. The Labute approximate surface area is 223 Å². The largest absolute Gasteiger partial charge is 0.0801 e. The molecule has 38 heavy (non-hydrogen) atoms. The van der Waals surface area contributed by atoms with Crippen LogP contribution in [0.3, 0.4) is 0 Å². The number of hydrogen-bond acceptors (Lipinski definition) is 0. The summed E-state index contributed by atoms with van der Waals surface area (Å²) in [5.74, 6) is 7.42. The third kappa shape index (κ3) is 3.56. The van der Waals surface area contributed by atoms with E-state index in [4.69, 9.17) is 0 Å². The Bertz CT molecular complexity index is 1930. The average Bonchev–Trinajstić information content (AvgIpc) is 3.24. The first kappa shape index (κ1) is 22.3. The molecule has 0 spiro atoms. The molecule has 0 saturated heterocycles. The Morgan fingerprint density at radius 2 is 1.05 bits per heavy atom. The highest BCUT2D eigenvalue weighted by atomic mass is 14.2. The molecule has 0 N–H and O–H groups in total. The van der Waals surface area contributed by atoms with Crippen molar-refractivity contribution in [1.82, 2.24) is 0 Å². The van der Waals surface area contributed by atoms with E-state index in [0.29, 0.717) is 0 Å². The van der Waals surface area contributed by atoms with Gasteiger partial charge in [-0.15, -0.1) is 0 Å². The summed E-state index contributed by atoms with van der Waals surface area (Å²) in [5.41, 5.74) is 8.66. The summed E-state index contributed by atoms with van der Waals surface area (Å²) in [7, 11) is 0. The van der Waals surface area contributed by atoms with Crippen LogP contribution in [-0.2, 0) is 6.42 Å². The van der Waals surface area contributed by atoms with Gasteiger partial charge >= 0.3 is 0 Å². The van der Waals surface area contributed by atoms with Gasteiger partial charge in [0.2, 0.25) is 0 Å². The number of rotatable bonds is 1. The van der Waals surface area contributed by atoms with Crippen molar-refractivity contribution in [1.29, 1.82) is 0 Å². The first-order valence-corrected chi connectivity index (χ1v) is 13.2. The van der Waals surface area contributed by atoms with Crippen molar-refractivity contribution in [2.45, 2.75) is 13.3 Å². The third-order valence-electron chi connectivity index (χ3n) is 7.77. The molecule has 6 aromatic rings. The van der Waals surface area contributed by atoms with E-state index in [1.54, 1.807) is 0 Å². The van der Waals surface area contributed by atoms with Crippen molar-refractivity contribution in [3.05, 3.63) is 149 Å². The van der Waals surface area contributed by atoms with Crippen LogP contribution in [0.2, 0.25) is 0 Å². The highest BCUT2D eigenvalue weighted by Gasteiger charge is 2.16. The van der Waals surface area contributed by atoms with Crippen LogP contribution in [0.1, 0.15) is 27.8 Å². The lowest BCUT2D eigenvalue weighted by atomic mass is 9.87. The molecule has 0 aliphatic heterocycles. The first-order chi connectivity index (χ1) is 18.8. The quantitative estimate of drug-likeness (QED) is 0.162. The minimum atomic E-state index is 0.881. The van der Waals surface area contributed by atoms with Crippen molar-refractivity contribution < 1.29 is 0 Å². The van der Waals surface area contributed by atoms with Crippen molar-refractivity contribution in [3.8, 4) is 23.0 Å². The van der Waals surface area contributed by atoms with Crippen LogP contribution in [0.15, 0.2) is 121 Å². The maximum atomic E-state index is 3.71. The maximum absolute atomic E-state index is 3.71. The van der Waals surface area contributed by atoms with Gasteiger partial charge in [-0.3, -0.25) is 0 Å². The van der Waals surface area contributed by atoms with Crippen molar-refractivity contribution in [2.75, 3.05) is 0 Å². The normalized spacial score (nSPS) is 12.3. The zero-order valence-corrected chi connectivity index (χ0v) is 21.3. The highest BCUT2D eigenvalue weighted by molar-refractivity contribution is 6.16. The lowest BCUT2D eigenvalue weighted by Gasteiger charge is -2.16. The summed E-state index contributed by atoms with van der Waals surface area (Å²) in [6, 6.07) is 36.8. The molecule has 0 heterocycles. The minimum Gasteiger partial charge on any atom is -0.0801 e. The van der Waals surface area contributed by atoms with Gasteiger partial charge in [-0.2, -0.15) is 0 Å². The molecule has 6 aromatic carbocycles. The molecule has 0 bridgehead atoms. The van der Waals surface area contributed by atoms with Crippen molar-refractivity contribution >= 4 is 38.4 Å². The summed E-state index contributed by atoms with van der Waals surface area (Å²) in [4.78, 5) is 0. The molecule has 0 aromatic heterocycles. The number of hydrogen-bond donors (Lipinski definition) is 0. The molecule has 7 rings (SSSR count). The van der Waals surface area contributed by atoms with Gasteiger partial charge in [-0.25, -0.2) is 0 Å². The molecular weight excluding hydrogens is 456 g/mol. The molecule has 1 aliphatic rings. The van der Waals surface area contributed by atoms with E-state index in [1.807, 2.05) is 0 Å². The zero-order valence-electron chi connectivity index (χ0n) is 21.3. The smallest absolute Gasteiger partial charge is 0.0406 e. The number of benzene rings is 6. The molecule has 0 fully saturated rings. The predicted molar refractivity (Wildman–Crippen MR) is 163 cm³/mol. The predicted octanol–water partition coefficient (Wildman–Crippen LogP) is 9.65. The van der Waals surface area contributed by atoms with E-state index in [0.717, 1.165) is 17.5 Å². The Morgan fingerprint density at radius 1 is 0.526 bits per heavy atom.